The number of hydrogen-bond donors (Lipinski definition) is 2. The number of aliphatic hydroxyl groups is 1. The van der Waals surface area contributed by atoms with E-state index in [0.717, 1.165) is 23.4 Å². The van der Waals surface area contributed by atoms with Crippen LogP contribution >= 0.6 is 11.6 Å². The van der Waals surface area contributed by atoms with Crippen LogP contribution in [-0.4, -0.2) is 30.5 Å². The van der Waals surface area contributed by atoms with Crippen LogP contribution in [0.4, 0.5) is 0 Å². The minimum absolute atomic E-state index is 0.162. The standard InChI is InChI=1S/C16H24ClNO2/c1-12(13-5-4-6-14(17)9-13)18-10-15(19)11-20-16-7-2-3-8-16/h4-6,9,12,15-16,18-19H,2-3,7-8,10-11H2,1H3/t12-,15?/m1/s1. The highest BCUT2D eigenvalue weighted by Crippen LogP contribution is 2.21. The predicted octanol–water partition coefficient (Wildman–Crippen LogP) is 3.31. The molecular formula is C16H24ClNO2. The third-order valence-corrected chi connectivity index (χ3v) is 4.07. The van der Waals surface area contributed by atoms with Gasteiger partial charge in [0.15, 0.2) is 0 Å². The molecule has 112 valence electrons. The van der Waals surface area contributed by atoms with Gasteiger partial charge in [-0.1, -0.05) is 36.6 Å². The number of hydrogen-bond acceptors (Lipinski definition) is 3. The molecule has 1 aromatic rings. The summed E-state index contributed by atoms with van der Waals surface area (Å²) in [7, 11) is 0. The number of halogens is 1. The second-order valence-electron chi connectivity index (χ2n) is 5.58. The quantitative estimate of drug-likeness (QED) is 0.811. The van der Waals surface area contributed by atoms with E-state index in [1.54, 1.807) is 0 Å². The number of nitrogens with one attached hydrogen (secondary N) is 1. The highest BCUT2D eigenvalue weighted by molar-refractivity contribution is 6.30. The van der Waals surface area contributed by atoms with E-state index in [-0.39, 0.29) is 6.04 Å². The van der Waals surface area contributed by atoms with Gasteiger partial charge < -0.3 is 15.2 Å². The molecule has 0 aromatic heterocycles. The first-order valence-corrected chi connectivity index (χ1v) is 7.81. The van der Waals surface area contributed by atoms with Gasteiger partial charge in [-0.15, -0.1) is 0 Å². The Morgan fingerprint density at radius 2 is 2.15 bits per heavy atom. The number of aliphatic hydroxyl groups excluding tert-OH is 1. The first kappa shape index (κ1) is 15.8. The van der Waals surface area contributed by atoms with Crippen molar-refractivity contribution in [2.24, 2.45) is 0 Å². The van der Waals surface area contributed by atoms with Gasteiger partial charge in [0.25, 0.3) is 0 Å². The fraction of sp³-hybridized carbons (Fsp3) is 0.625. The van der Waals surface area contributed by atoms with E-state index >= 15 is 0 Å². The molecule has 0 saturated heterocycles. The van der Waals surface area contributed by atoms with Crippen molar-refractivity contribution < 1.29 is 9.84 Å². The molecule has 1 fully saturated rings. The van der Waals surface area contributed by atoms with Crippen LogP contribution < -0.4 is 5.32 Å². The van der Waals surface area contributed by atoms with Crippen molar-refractivity contribution in [1.29, 1.82) is 0 Å². The van der Waals surface area contributed by atoms with Crippen LogP contribution in [0.1, 0.15) is 44.2 Å². The maximum absolute atomic E-state index is 9.95. The molecule has 0 bridgehead atoms. The van der Waals surface area contributed by atoms with Crippen molar-refractivity contribution in [1.82, 2.24) is 5.32 Å². The molecule has 1 aliphatic rings. The Morgan fingerprint density at radius 3 is 2.85 bits per heavy atom. The maximum atomic E-state index is 9.95. The van der Waals surface area contributed by atoms with E-state index in [0.29, 0.717) is 19.3 Å². The molecular weight excluding hydrogens is 274 g/mol. The van der Waals surface area contributed by atoms with Crippen molar-refractivity contribution in [3.8, 4) is 0 Å². The van der Waals surface area contributed by atoms with Crippen LogP contribution in [0.5, 0.6) is 0 Å². The lowest BCUT2D eigenvalue weighted by molar-refractivity contribution is -0.00610. The zero-order valence-corrected chi connectivity index (χ0v) is 12.8. The lowest BCUT2D eigenvalue weighted by atomic mass is 10.1. The van der Waals surface area contributed by atoms with Crippen LogP contribution in [0.15, 0.2) is 24.3 Å². The summed E-state index contributed by atoms with van der Waals surface area (Å²) in [5.74, 6) is 0. The van der Waals surface area contributed by atoms with Gasteiger partial charge in [-0.2, -0.15) is 0 Å². The second-order valence-corrected chi connectivity index (χ2v) is 6.01. The molecule has 20 heavy (non-hydrogen) atoms. The lowest BCUT2D eigenvalue weighted by Crippen LogP contribution is -2.33. The van der Waals surface area contributed by atoms with Crippen LogP contribution in [0.2, 0.25) is 5.02 Å². The molecule has 3 nitrogen and oxygen atoms in total. The number of rotatable bonds is 7. The Morgan fingerprint density at radius 1 is 1.40 bits per heavy atom. The molecule has 1 unspecified atom stereocenters. The molecule has 0 amide bonds. The highest BCUT2D eigenvalue weighted by atomic mass is 35.5. The highest BCUT2D eigenvalue weighted by Gasteiger charge is 2.17. The molecule has 0 radical (unpaired) electrons. The van der Waals surface area contributed by atoms with Crippen molar-refractivity contribution >= 4 is 11.6 Å². The summed E-state index contributed by atoms with van der Waals surface area (Å²) in [6, 6.07) is 7.94. The average Bonchev–Trinajstić information content (AvgIpc) is 2.95. The summed E-state index contributed by atoms with van der Waals surface area (Å²) in [6.07, 6.45) is 4.68. The largest absolute Gasteiger partial charge is 0.389 e. The second kappa shape index (κ2) is 7.99. The maximum Gasteiger partial charge on any atom is 0.0898 e. The molecule has 1 saturated carbocycles. The normalized spacial score (nSPS) is 19.1. The van der Waals surface area contributed by atoms with E-state index in [1.165, 1.54) is 12.8 Å². The van der Waals surface area contributed by atoms with Crippen LogP contribution in [0.25, 0.3) is 0 Å². The van der Waals surface area contributed by atoms with Crippen molar-refractivity contribution in [2.75, 3.05) is 13.2 Å². The van der Waals surface area contributed by atoms with Crippen molar-refractivity contribution in [3.63, 3.8) is 0 Å². The first-order chi connectivity index (χ1) is 9.65. The van der Waals surface area contributed by atoms with Gasteiger partial charge >= 0.3 is 0 Å². The van der Waals surface area contributed by atoms with E-state index in [9.17, 15) is 5.11 Å². The molecule has 0 spiro atoms. The third kappa shape index (κ3) is 5.06. The van der Waals surface area contributed by atoms with Crippen LogP contribution in [0, 0.1) is 0 Å². The van der Waals surface area contributed by atoms with Gasteiger partial charge in [0, 0.05) is 17.6 Å². The fourth-order valence-electron chi connectivity index (χ4n) is 2.57. The fourth-order valence-corrected chi connectivity index (χ4v) is 2.77. The van der Waals surface area contributed by atoms with Gasteiger partial charge in [0.1, 0.15) is 0 Å². The zero-order valence-electron chi connectivity index (χ0n) is 12.0. The minimum Gasteiger partial charge on any atom is -0.389 e. The molecule has 2 atom stereocenters. The Balaban J connectivity index is 1.68. The zero-order chi connectivity index (χ0) is 14.4. The monoisotopic (exact) mass is 297 g/mol. The summed E-state index contributed by atoms with van der Waals surface area (Å²) in [4.78, 5) is 0. The SMILES string of the molecule is C[C@@H](NCC(O)COC1CCCC1)c1cccc(Cl)c1. The Labute approximate surface area is 126 Å². The molecule has 2 N–H and O–H groups in total. The molecule has 1 aromatic carbocycles. The molecule has 0 heterocycles. The number of ether oxygens (including phenoxy) is 1. The van der Waals surface area contributed by atoms with Gasteiger partial charge in [0.2, 0.25) is 0 Å². The Bertz CT molecular complexity index is 407. The first-order valence-electron chi connectivity index (χ1n) is 7.43. The molecule has 1 aliphatic carbocycles. The molecule has 2 rings (SSSR count). The number of benzene rings is 1. The van der Waals surface area contributed by atoms with Crippen molar-refractivity contribution in [2.45, 2.75) is 50.9 Å². The van der Waals surface area contributed by atoms with Crippen LogP contribution in [0.3, 0.4) is 0 Å². The topological polar surface area (TPSA) is 41.5 Å². The predicted molar refractivity (Wildman–Crippen MR) is 82.1 cm³/mol. The summed E-state index contributed by atoms with van der Waals surface area (Å²) >= 11 is 5.98. The smallest absolute Gasteiger partial charge is 0.0898 e. The van der Waals surface area contributed by atoms with E-state index in [4.69, 9.17) is 16.3 Å². The van der Waals surface area contributed by atoms with Gasteiger partial charge in [-0.3, -0.25) is 0 Å². The van der Waals surface area contributed by atoms with E-state index < -0.39 is 6.10 Å². The summed E-state index contributed by atoms with van der Waals surface area (Å²) < 4.78 is 5.71. The Hall–Kier alpha value is -0.610. The Kier molecular flexibility index (Phi) is 6.30. The van der Waals surface area contributed by atoms with Crippen molar-refractivity contribution in [3.05, 3.63) is 34.9 Å². The van der Waals surface area contributed by atoms with E-state index in [2.05, 4.69) is 12.2 Å². The summed E-state index contributed by atoms with van der Waals surface area (Å²) in [6.45, 7) is 3.01. The molecule has 4 heteroatoms. The van der Waals surface area contributed by atoms with Gasteiger partial charge in [0.05, 0.1) is 18.8 Å². The minimum atomic E-state index is -0.461. The van der Waals surface area contributed by atoms with Gasteiger partial charge in [-0.25, -0.2) is 0 Å². The summed E-state index contributed by atoms with van der Waals surface area (Å²) in [5, 5.41) is 14.0. The molecule has 0 aliphatic heterocycles. The summed E-state index contributed by atoms with van der Waals surface area (Å²) in [5.41, 5.74) is 1.13. The van der Waals surface area contributed by atoms with E-state index in [1.807, 2.05) is 24.3 Å². The lowest BCUT2D eigenvalue weighted by Gasteiger charge is -2.19. The average molecular weight is 298 g/mol. The van der Waals surface area contributed by atoms with Gasteiger partial charge in [-0.05, 0) is 37.5 Å². The third-order valence-electron chi connectivity index (χ3n) is 3.83. The van der Waals surface area contributed by atoms with Crippen LogP contribution in [-0.2, 0) is 4.74 Å².